The molecule has 0 aliphatic carbocycles. The van der Waals surface area contributed by atoms with Gasteiger partial charge in [0.15, 0.2) is 0 Å². The molecule has 0 spiro atoms. The van der Waals surface area contributed by atoms with Gasteiger partial charge in [0, 0.05) is 6.54 Å². The van der Waals surface area contributed by atoms with Crippen LogP contribution in [0.25, 0.3) is 0 Å². The van der Waals surface area contributed by atoms with Gasteiger partial charge in [0.1, 0.15) is 5.01 Å². The SMILES string of the molecule is CCc1nnc(N(CCC(=O)O)C(C)c2ccccc2)s1. The number of benzene rings is 1. The quantitative estimate of drug-likeness (QED) is 0.851. The van der Waals surface area contributed by atoms with E-state index in [1.807, 2.05) is 42.2 Å². The third-order valence-corrected chi connectivity index (χ3v) is 4.43. The topological polar surface area (TPSA) is 66.3 Å². The number of carbonyl (C=O) groups is 1. The zero-order valence-corrected chi connectivity index (χ0v) is 13.0. The van der Waals surface area contributed by atoms with E-state index in [4.69, 9.17) is 5.11 Å². The Kier molecular flexibility index (Phi) is 5.27. The van der Waals surface area contributed by atoms with E-state index in [9.17, 15) is 4.79 Å². The van der Waals surface area contributed by atoms with Gasteiger partial charge in [-0.2, -0.15) is 0 Å². The maximum Gasteiger partial charge on any atom is 0.305 e. The number of carboxylic acid groups (broad SMARTS) is 1. The monoisotopic (exact) mass is 305 g/mol. The molecule has 21 heavy (non-hydrogen) atoms. The molecule has 1 N–H and O–H groups in total. The minimum absolute atomic E-state index is 0.0585. The summed E-state index contributed by atoms with van der Waals surface area (Å²) in [4.78, 5) is 12.9. The molecule has 0 aliphatic heterocycles. The number of carboxylic acids is 1. The van der Waals surface area contributed by atoms with Gasteiger partial charge in [0.25, 0.3) is 0 Å². The van der Waals surface area contributed by atoms with Crippen molar-refractivity contribution < 1.29 is 9.90 Å². The van der Waals surface area contributed by atoms with Crippen molar-refractivity contribution in [3.63, 3.8) is 0 Å². The first-order valence-electron chi connectivity index (χ1n) is 6.97. The first-order valence-corrected chi connectivity index (χ1v) is 7.79. The lowest BCUT2D eigenvalue weighted by molar-refractivity contribution is -0.136. The number of rotatable bonds is 7. The molecule has 0 aliphatic rings. The van der Waals surface area contributed by atoms with Crippen LogP contribution in [0.1, 0.15) is 36.9 Å². The zero-order valence-electron chi connectivity index (χ0n) is 12.2. The van der Waals surface area contributed by atoms with Crippen molar-refractivity contribution in [2.24, 2.45) is 0 Å². The van der Waals surface area contributed by atoms with Gasteiger partial charge in [-0.3, -0.25) is 4.79 Å². The van der Waals surface area contributed by atoms with Crippen LogP contribution in [-0.4, -0.2) is 27.8 Å². The van der Waals surface area contributed by atoms with E-state index >= 15 is 0 Å². The largest absolute Gasteiger partial charge is 0.481 e. The Hall–Kier alpha value is -1.95. The summed E-state index contributed by atoms with van der Waals surface area (Å²) in [6.45, 7) is 4.51. The number of aryl methyl sites for hydroxylation is 1. The smallest absolute Gasteiger partial charge is 0.305 e. The fourth-order valence-electron chi connectivity index (χ4n) is 2.09. The molecule has 0 fully saturated rings. The predicted octanol–water partition coefficient (Wildman–Crippen LogP) is 3.14. The molecule has 0 radical (unpaired) electrons. The van der Waals surface area contributed by atoms with Gasteiger partial charge in [0.05, 0.1) is 12.5 Å². The van der Waals surface area contributed by atoms with Crippen LogP contribution in [0.4, 0.5) is 5.13 Å². The van der Waals surface area contributed by atoms with Gasteiger partial charge in [-0.15, -0.1) is 10.2 Å². The molecule has 1 unspecified atom stereocenters. The number of hydrogen-bond acceptors (Lipinski definition) is 5. The van der Waals surface area contributed by atoms with Crippen molar-refractivity contribution in [2.75, 3.05) is 11.4 Å². The highest BCUT2D eigenvalue weighted by molar-refractivity contribution is 7.15. The molecule has 2 rings (SSSR count). The highest BCUT2D eigenvalue weighted by atomic mass is 32.1. The lowest BCUT2D eigenvalue weighted by atomic mass is 10.1. The van der Waals surface area contributed by atoms with Gasteiger partial charge in [-0.1, -0.05) is 48.6 Å². The maximum atomic E-state index is 10.9. The van der Waals surface area contributed by atoms with Crippen LogP contribution in [0.2, 0.25) is 0 Å². The van der Waals surface area contributed by atoms with E-state index in [1.165, 1.54) is 11.3 Å². The average Bonchev–Trinajstić information content (AvgIpc) is 2.96. The Bertz CT molecular complexity index is 586. The van der Waals surface area contributed by atoms with Crippen molar-refractivity contribution >= 4 is 22.4 Å². The van der Waals surface area contributed by atoms with Gasteiger partial charge >= 0.3 is 5.97 Å². The van der Waals surface area contributed by atoms with Gasteiger partial charge in [-0.05, 0) is 18.9 Å². The van der Waals surface area contributed by atoms with E-state index < -0.39 is 5.97 Å². The van der Waals surface area contributed by atoms with Crippen LogP contribution in [0.5, 0.6) is 0 Å². The van der Waals surface area contributed by atoms with Crippen LogP contribution in [-0.2, 0) is 11.2 Å². The van der Waals surface area contributed by atoms with Crippen LogP contribution in [0.3, 0.4) is 0 Å². The molecule has 1 atom stereocenters. The molecule has 0 saturated carbocycles. The second kappa shape index (κ2) is 7.17. The molecule has 1 aromatic carbocycles. The Morgan fingerprint density at radius 1 is 1.33 bits per heavy atom. The maximum absolute atomic E-state index is 10.9. The third kappa shape index (κ3) is 4.01. The Morgan fingerprint density at radius 3 is 2.62 bits per heavy atom. The first kappa shape index (κ1) is 15.4. The summed E-state index contributed by atoms with van der Waals surface area (Å²) in [6, 6.07) is 10.1. The van der Waals surface area contributed by atoms with E-state index in [1.54, 1.807) is 0 Å². The minimum Gasteiger partial charge on any atom is -0.481 e. The van der Waals surface area contributed by atoms with E-state index in [0.717, 1.165) is 22.1 Å². The van der Waals surface area contributed by atoms with Gasteiger partial charge in [0.2, 0.25) is 5.13 Å². The number of aromatic nitrogens is 2. The second-order valence-electron chi connectivity index (χ2n) is 4.76. The zero-order chi connectivity index (χ0) is 15.2. The molecule has 112 valence electrons. The highest BCUT2D eigenvalue weighted by Crippen LogP contribution is 2.29. The molecule has 1 aromatic heterocycles. The number of nitrogens with zero attached hydrogens (tertiary/aromatic N) is 3. The molecule has 0 bridgehead atoms. The summed E-state index contributed by atoms with van der Waals surface area (Å²) in [5.41, 5.74) is 1.14. The molecule has 5 nitrogen and oxygen atoms in total. The molecular weight excluding hydrogens is 286 g/mol. The lowest BCUT2D eigenvalue weighted by Gasteiger charge is -2.28. The standard InChI is InChI=1S/C15H19N3O2S/c1-3-13-16-17-15(21-13)18(10-9-14(19)20)11(2)12-7-5-4-6-8-12/h4-8,11H,3,9-10H2,1-2H3,(H,19,20). The molecule has 0 amide bonds. The molecule has 0 saturated heterocycles. The van der Waals surface area contributed by atoms with Crippen molar-refractivity contribution in [1.82, 2.24) is 10.2 Å². The number of aliphatic carboxylic acids is 1. The minimum atomic E-state index is -0.805. The van der Waals surface area contributed by atoms with Crippen LogP contribution in [0.15, 0.2) is 30.3 Å². The lowest BCUT2D eigenvalue weighted by Crippen LogP contribution is -2.29. The van der Waals surface area contributed by atoms with E-state index in [0.29, 0.717) is 6.54 Å². The van der Waals surface area contributed by atoms with Crippen molar-refractivity contribution in [2.45, 2.75) is 32.7 Å². The van der Waals surface area contributed by atoms with Crippen LogP contribution in [0, 0.1) is 0 Å². The Labute approximate surface area is 128 Å². The number of hydrogen-bond donors (Lipinski definition) is 1. The van der Waals surface area contributed by atoms with E-state index in [-0.39, 0.29) is 12.5 Å². The summed E-state index contributed by atoms with van der Waals surface area (Å²) in [5.74, 6) is -0.805. The molecule has 2 aromatic rings. The average molecular weight is 305 g/mol. The van der Waals surface area contributed by atoms with Crippen molar-refractivity contribution in [1.29, 1.82) is 0 Å². The third-order valence-electron chi connectivity index (χ3n) is 3.32. The van der Waals surface area contributed by atoms with Crippen LogP contribution < -0.4 is 4.90 Å². The molecule has 1 heterocycles. The summed E-state index contributed by atoms with van der Waals surface area (Å²) in [5, 5.41) is 19.1. The van der Waals surface area contributed by atoms with Crippen molar-refractivity contribution in [3.8, 4) is 0 Å². The summed E-state index contributed by atoms with van der Waals surface area (Å²) < 4.78 is 0. The van der Waals surface area contributed by atoms with Gasteiger partial charge < -0.3 is 10.0 Å². The Balaban J connectivity index is 2.24. The number of anilines is 1. The van der Waals surface area contributed by atoms with E-state index in [2.05, 4.69) is 17.1 Å². The normalized spacial score (nSPS) is 12.1. The summed E-state index contributed by atoms with van der Waals surface area (Å²) in [6.07, 6.45) is 0.919. The van der Waals surface area contributed by atoms with Gasteiger partial charge in [-0.25, -0.2) is 0 Å². The molecule has 6 heteroatoms. The second-order valence-corrected chi connectivity index (χ2v) is 5.80. The van der Waals surface area contributed by atoms with Crippen molar-refractivity contribution in [3.05, 3.63) is 40.9 Å². The summed E-state index contributed by atoms with van der Waals surface area (Å²) >= 11 is 1.53. The fourth-order valence-corrected chi connectivity index (χ4v) is 2.97. The predicted molar refractivity (Wildman–Crippen MR) is 83.7 cm³/mol. The summed E-state index contributed by atoms with van der Waals surface area (Å²) in [7, 11) is 0. The van der Waals surface area contributed by atoms with Crippen LogP contribution >= 0.6 is 11.3 Å². The Morgan fingerprint density at radius 2 is 2.05 bits per heavy atom. The molecular formula is C15H19N3O2S. The first-order chi connectivity index (χ1) is 10.1. The highest BCUT2D eigenvalue weighted by Gasteiger charge is 2.20. The fraction of sp³-hybridized carbons (Fsp3) is 0.400.